The van der Waals surface area contributed by atoms with Gasteiger partial charge < -0.3 is 10.2 Å². The molecule has 1 aromatic carbocycles. The average Bonchev–Trinajstić information content (AvgIpc) is 2.35. The Bertz CT molecular complexity index is 362. The molecule has 0 amide bonds. The number of hydrogen-bond donors (Lipinski definition) is 2. The van der Waals surface area contributed by atoms with Crippen molar-refractivity contribution in [2.45, 2.75) is 31.8 Å². The van der Waals surface area contributed by atoms with Gasteiger partial charge in [0.1, 0.15) is 5.78 Å². The Morgan fingerprint density at radius 1 is 1.12 bits per heavy atom. The van der Waals surface area contributed by atoms with Crippen molar-refractivity contribution in [2.24, 2.45) is 0 Å². The number of ketones is 1. The highest BCUT2D eigenvalue weighted by Crippen LogP contribution is 2.13. The van der Waals surface area contributed by atoms with Crippen molar-refractivity contribution in [3.63, 3.8) is 0 Å². The summed E-state index contributed by atoms with van der Waals surface area (Å²) in [4.78, 5) is 20.7. The van der Waals surface area contributed by atoms with Gasteiger partial charge in [0.15, 0.2) is 0 Å². The molecule has 4 nitrogen and oxygen atoms in total. The van der Waals surface area contributed by atoms with E-state index in [1.165, 1.54) is 0 Å². The molecule has 92 valence electrons. The molecule has 0 saturated heterocycles. The van der Waals surface area contributed by atoms with Crippen molar-refractivity contribution in [2.75, 3.05) is 0 Å². The standard InChI is InChI=1S/C7H6O2.C6H10O2/c8-7(9)6-4-2-1-3-5-6;7-5-1-2-6(8)4-3-5/h1-5H,(H,8,9);5,7H,1-4H2. The predicted octanol–water partition coefficient (Wildman–Crippen LogP) is 1.88. The van der Waals surface area contributed by atoms with Gasteiger partial charge >= 0.3 is 5.97 Å². The lowest BCUT2D eigenvalue weighted by Crippen LogP contribution is -2.17. The minimum absolute atomic E-state index is 0.201. The molecule has 0 aromatic heterocycles. The number of hydrogen-bond acceptors (Lipinski definition) is 3. The van der Waals surface area contributed by atoms with Gasteiger partial charge in [-0.15, -0.1) is 0 Å². The van der Waals surface area contributed by atoms with E-state index in [-0.39, 0.29) is 6.10 Å². The Morgan fingerprint density at radius 2 is 1.65 bits per heavy atom. The van der Waals surface area contributed by atoms with Crippen LogP contribution < -0.4 is 0 Å². The van der Waals surface area contributed by atoms with Crippen LogP contribution in [-0.4, -0.2) is 28.1 Å². The van der Waals surface area contributed by atoms with Crippen LogP contribution in [0, 0.1) is 0 Å². The number of carboxylic acids is 1. The average molecular weight is 236 g/mol. The molecule has 17 heavy (non-hydrogen) atoms. The van der Waals surface area contributed by atoms with E-state index in [4.69, 9.17) is 10.2 Å². The fourth-order valence-electron chi connectivity index (χ4n) is 1.51. The van der Waals surface area contributed by atoms with Crippen molar-refractivity contribution < 1.29 is 19.8 Å². The zero-order valence-electron chi connectivity index (χ0n) is 9.50. The molecule has 2 N–H and O–H groups in total. The van der Waals surface area contributed by atoms with Crippen LogP contribution >= 0.6 is 0 Å². The first-order valence-electron chi connectivity index (χ1n) is 5.57. The van der Waals surface area contributed by atoms with Crippen LogP contribution in [-0.2, 0) is 4.79 Å². The van der Waals surface area contributed by atoms with Crippen LogP contribution in [0.1, 0.15) is 36.0 Å². The fourth-order valence-corrected chi connectivity index (χ4v) is 1.51. The molecule has 0 unspecified atom stereocenters. The highest BCUT2D eigenvalue weighted by atomic mass is 16.4. The Balaban J connectivity index is 0.000000171. The van der Waals surface area contributed by atoms with E-state index in [0.717, 1.165) is 0 Å². The normalized spacial score (nSPS) is 15.9. The number of aromatic carboxylic acids is 1. The molecule has 0 aliphatic heterocycles. The summed E-state index contributed by atoms with van der Waals surface area (Å²) in [5.74, 6) is -0.578. The van der Waals surface area contributed by atoms with E-state index < -0.39 is 5.97 Å². The molecule has 1 fully saturated rings. The molecule has 0 atom stereocenters. The maximum Gasteiger partial charge on any atom is 0.335 e. The third kappa shape index (κ3) is 5.26. The molecule has 0 spiro atoms. The maximum absolute atomic E-state index is 10.5. The second-order valence-electron chi connectivity index (χ2n) is 3.94. The predicted molar refractivity (Wildman–Crippen MR) is 62.9 cm³/mol. The number of Topliss-reactive ketones (excluding diaryl/α,β-unsaturated/α-hetero) is 1. The van der Waals surface area contributed by atoms with E-state index in [0.29, 0.717) is 37.0 Å². The van der Waals surface area contributed by atoms with E-state index >= 15 is 0 Å². The highest BCUT2D eigenvalue weighted by Gasteiger charge is 2.14. The number of carbonyl (C=O) groups excluding carboxylic acids is 1. The SMILES string of the molecule is O=C(O)c1ccccc1.O=C1CCC(O)CC1. The summed E-state index contributed by atoms with van der Waals surface area (Å²) >= 11 is 0. The molecule has 1 aliphatic rings. The van der Waals surface area contributed by atoms with Gasteiger partial charge in [-0.05, 0) is 25.0 Å². The monoisotopic (exact) mass is 236 g/mol. The maximum atomic E-state index is 10.5. The molecule has 0 bridgehead atoms. The van der Waals surface area contributed by atoms with Gasteiger partial charge in [0.25, 0.3) is 0 Å². The van der Waals surface area contributed by atoms with Crippen molar-refractivity contribution in [3.05, 3.63) is 35.9 Å². The van der Waals surface area contributed by atoms with Crippen LogP contribution in [0.2, 0.25) is 0 Å². The Kier molecular flexibility index (Phi) is 5.36. The van der Waals surface area contributed by atoms with E-state index in [1.807, 2.05) is 0 Å². The van der Waals surface area contributed by atoms with Gasteiger partial charge in [-0.3, -0.25) is 4.79 Å². The van der Waals surface area contributed by atoms with Crippen molar-refractivity contribution in [1.82, 2.24) is 0 Å². The van der Waals surface area contributed by atoms with Crippen LogP contribution in [0.3, 0.4) is 0 Å². The molecule has 0 heterocycles. The molecule has 1 aromatic rings. The smallest absolute Gasteiger partial charge is 0.335 e. The summed E-state index contributed by atoms with van der Waals surface area (Å²) in [5, 5.41) is 17.3. The zero-order valence-corrected chi connectivity index (χ0v) is 9.50. The molecule has 1 saturated carbocycles. The third-order valence-electron chi connectivity index (χ3n) is 2.53. The molecular weight excluding hydrogens is 220 g/mol. The van der Waals surface area contributed by atoms with Crippen LogP contribution in [0.5, 0.6) is 0 Å². The lowest BCUT2D eigenvalue weighted by atomic mass is 9.97. The Hall–Kier alpha value is -1.68. The lowest BCUT2D eigenvalue weighted by molar-refractivity contribution is -0.122. The molecular formula is C13H16O4. The summed E-state index contributed by atoms with van der Waals surface area (Å²) in [6.07, 6.45) is 2.33. The first-order chi connectivity index (χ1) is 8.09. The summed E-state index contributed by atoms with van der Waals surface area (Å²) in [5.41, 5.74) is 0.331. The number of rotatable bonds is 1. The highest BCUT2D eigenvalue weighted by molar-refractivity contribution is 5.87. The van der Waals surface area contributed by atoms with Gasteiger partial charge in [0.2, 0.25) is 0 Å². The lowest BCUT2D eigenvalue weighted by Gasteiger charge is -2.13. The van der Waals surface area contributed by atoms with E-state index in [2.05, 4.69) is 0 Å². The summed E-state index contributed by atoms with van der Waals surface area (Å²) < 4.78 is 0. The molecule has 2 rings (SSSR count). The second-order valence-corrected chi connectivity index (χ2v) is 3.94. The van der Waals surface area contributed by atoms with Gasteiger partial charge in [0, 0.05) is 12.8 Å². The number of carbonyl (C=O) groups is 2. The van der Waals surface area contributed by atoms with Gasteiger partial charge in [0.05, 0.1) is 11.7 Å². The van der Waals surface area contributed by atoms with Crippen molar-refractivity contribution in [3.8, 4) is 0 Å². The zero-order chi connectivity index (χ0) is 12.7. The third-order valence-corrected chi connectivity index (χ3v) is 2.53. The van der Waals surface area contributed by atoms with Gasteiger partial charge in [-0.2, -0.15) is 0 Å². The molecule has 1 aliphatic carbocycles. The van der Waals surface area contributed by atoms with Crippen molar-refractivity contribution in [1.29, 1.82) is 0 Å². The Morgan fingerprint density at radius 3 is 2.00 bits per heavy atom. The largest absolute Gasteiger partial charge is 0.478 e. The Labute approximate surface area is 99.9 Å². The molecule has 0 radical (unpaired) electrons. The number of benzene rings is 1. The minimum Gasteiger partial charge on any atom is -0.478 e. The minimum atomic E-state index is -0.879. The number of aliphatic hydroxyl groups is 1. The topological polar surface area (TPSA) is 74.6 Å². The first-order valence-corrected chi connectivity index (χ1v) is 5.57. The van der Waals surface area contributed by atoms with Crippen LogP contribution in [0.4, 0.5) is 0 Å². The first kappa shape index (κ1) is 13.4. The molecule has 4 heteroatoms. The fraction of sp³-hybridized carbons (Fsp3) is 0.385. The van der Waals surface area contributed by atoms with Gasteiger partial charge in [-0.25, -0.2) is 4.79 Å². The van der Waals surface area contributed by atoms with Crippen LogP contribution in [0.15, 0.2) is 30.3 Å². The van der Waals surface area contributed by atoms with E-state index in [9.17, 15) is 9.59 Å². The van der Waals surface area contributed by atoms with Crippen LogP contribution in [0.25, 0.3) is 0 Å². The summed E-state index contributed by atoms with van der Waals surface area (Å²) in [6.45, 7) is 0. The number of aliphatic hydroxyl groups excluding tert-OH is 1. The van der Waals surface area contributed by atoms with Gasteiger partial charge in [-0.1, -0.05) is 18.2 Å². The van der Waals surface area contributed by atoms with Crippen molar-refractivity contribution >= 4 is 11.8 Å². The summed E-state index contributed by atoms with van der Waals surface area (Å²) in [7, 11) is 0. The summed E-state index contributed by atoms with van der Waals surface area (Å²) in [6, 6.07) is 8.30. The second kappa shape index (κ2) is 6.81. The van der Waals surface area contributed by atoms with E-state index in [1.54, 1.807) is 30.3 Å². The number of carboxylic acid groups (broad SMARTS) is 1. The quantitative estimate of drug-likeness (QED) is 0.780.